The van der Waals surface area contributed by atoms with Crippen LogP contribution in [-0.2, 0) is 9.47 Å². The van der Waals surface area contributed by atoms with Crippen LogP contribution in [0.3, 0.4) is 0 Å². The smallest absolute Gasteiger partial charge is 0.158 e. The Morgan fingerprint density at radius 2 is 1.93 bits per heavy atom. The van der Waals surface area contributed by atoms with Crippen molar-refractivity contribution in [3.8, 4) is 22.4 Å². The number of ether oxygens (including phenoxy) is 2. The second kappa shape index (κ2) is 8.89. The zero-order valence-corrected chi connectivity index (χ0v) is 16.3. The van der Waals surface area contributed by atoms with Gasteiger partial charge in [-0.05, 0) is 49.1 Å². The van der Waals surface area contributed by atoms with Crippen LogP contribution in [0.25, 0.3) is 22.4 Å². The van der Waals surface area contributed by atoms with Gasteiger partial charge in [-0.3, -0.25) is 10.1 Å². The van der Waals surface area contributed by atoms with Crippen LogP contribution in [0.2, 0.25) is 5.02 Å². The Morgan fingerprint density at radius 3 is 2.67 bits per heavy atom. The molecule has 27 heavy (non-hydrogen) atoms. The summed E-state index contributed by atoms with van der Waals surface area (Å²) in [5, 5.41) is 9.31. The SMILES string of the molecule is Clc1ccc(-c2[nH]nc(SCOC3CCCCO3)c2-c2ccncc2)cc1. The van der Waals surface area contributed by atoms with E-state index in [1.54, 1.807) is 24.2 Å². The fourth-order valence-corrected chi connectivity index (χ4v) is 3.98. The van der Waals surface area contributed by atoms with Gasteiger partial charge in [-0.1, -0.05) is 35.5 Å². The van der Waals surface area contributed by atoms with Crippen LogP contribution >= 0.6 is 23.4 Å². The molecule has 1 aromatic carbocycles. The quantitative estimate of drug-likeness (QED) is 0.443. The number of nitrogens with one attached hydrogen (secondary N) is 1. The van der Waals surface area contributed by atoms with E-state index in [2.05, 4.69) is 15.2 Å². The second-order valence-electron chi connectivity index (χ2n) is 6.25. The van der Waals surface area contributed by atoms with Crippen LogP contribution in [0.1, 0.15) is 19.3 Å². The van der Waals surface area contributed by atoms with Gasteiger partial charge in [0.05, 0.1) is 5.69 Å². The van der Waals surface area contributed by atoms with Gasteiger partial charge >= 0.3 is 0 Å². The fourth-order valence-electron chi connectivity index (χ4n) is 3.05. The van der Waals surface area contributed by atoms with E-state index < -0.39 is 0 Å². The van der Waals surface area contributed by atoms with Crippen molar-refractivity contribution in [1.82, 2.24) is 15.2 Å². The van der Waals surface area contributed by atoms with Crippen molar-refractivity contribution < 1.29 is 9.47 Å². The summed E-state index contributed by atoms with van der Waals surface area (Å²) in [7, 11) is 0. The van der Waals surface area contributed by atoms with Gasteiger partial charge in [-0.25, -0.2) is 0 Å². The first-order valence-corrected chi connectivity index (χ1v) is 10.3. The number of halogens is 1. The van der Waals surface area contributed by atoms with Gasteiger partial charge in [0.1, 0.15) is 11.0 Å². The molecule has 3 aromatic rings. The summed E-state index contributed by atoms with van der Waals surface area (Å²) in [6.45, 7) is 0.778. The molecule has 2 aromatic heterocycles. The lowest BCUT2D eigenvalue weighted by molar-refractivity contribution is -0.149. The van der Waals surface area contributed by atoms with Crippen molar-refractivity contribution in [2.24, 2.45) is 0 Å². The lowest BCUT2D eigenvalue weighted by atomic mass is 10.0. The van der Waals surface area contributed by atoms with Gasteiger partial charge in [0.15, 0.2) is 6.29 Å². The first kappa shape index (κ1) is 18.5. The Bertz CT molecular complexity index is 865. The summed E-state index contributed by atoms with van der Waals surface area (Å²) in [5.74, 6) is 0.494. The number of thioether (sulfide) groups is 1. The van der Waals surface area contributed by atoms with Crippen LogP contribution in [0, 0.1) is 0 Å². The summed E-state index contributed by atoms with van der Waals surface area (Å²) in [4.78, 5) is 4.13. The minimum Gasteiger partial charge on any atom is -0.353 e. The molecule has 0 aliphatic carbocycles. The third-order valence-electron chi connectivity index (χ3n) is 4.42. The van der Waals surface area contributed by atoms with E-state index in [4.69, 9.17) is 21.1 Å². The summed E-state index contributed by atoms with van der Waals surface area (Å²) in [6.07, 6.45) is 6.69. The normalized spacial score (nSPS) is 17.1. The highest BCUT2D eigenvalue weighted by atomic mass is 35.5. The fraction of sp³-hybridized carbons (Fsp3) is 0.300. The maximum absolute atomic E-state index is 6.04. The molecular formula is C20H20ClN3O2S. The van der Waals surface area contributed by atoms with Crippen molar-refractivity contribution in [3.05, 3.63) is 53.8 Å². The molecule has 4 rings (SSSR count). The number of benzene rings is 1. The number of pyridine rings is 1. The van der Waals surface area contributed by atoms with Gasteiger partial charge in [0.25, 0.3) is 0 Å². The predicted molar refractivity (Wildman–Crippen MR) is 108 cm³/mol. The zero-order valence-electron chi connectivity index (χ0n) is 14.7. The van der Waals surface area contributed by atoms with Crippen LogP contribution < -0.4 is 0 Å². The largest absolute Gasteiger partial charge is 0.353 e. The highest BCUT2D eigenvalue weighted by Crippen LogP contribution is 2.38. The molecule has 0 saturated carbocycles. The minimum absolute atomic E-state index is 0.106. The van der Waals surface area contributed by atoms with E-state index in [1.807, 2.05) is 36.4 Å². The average Bonchev–Trinajstić information content (AvgIpc) is 3.14. The third kappa shape index (κ3) is 4.52. The number of hydrogen-bond acceptors (Lipinski definition) is 5. The lowest BCUT2D eigenvalue weighted by Crippen LogP contribution is -2.21. The Balaban J connectivity index is 1.58. The molecule has 1 aliphatic rings. The summed E-state index contributed by atoms with van der Waals surface area (Å²) in [5.41, 5.74) is 4.08. The van der Waals surface area contributed by atoms with Crippen molar-refractivity contribution in [2.75, 3.05) is 12.5 Å². The number of aromatic amines is 1. The van der Waals surface area contributed by atoms with Crippen LogP contribution in [0.4, 0.5) is 0 Å². The minimum atomic E-state index is -0.106. The molecule has 7 heteroatoms. The van der Waals surface area contributed by atoms with E-state index in [0.717, 1.165) is 53.3 Å². The van der Waals surface area contributed by atoms with Gasteiger partial charge in [-0.2, -0.15) is 5.10 Å². The highest BCUT2D eigenvalue weighted by Gasteiger charge is 2.19. The standard InChI is InChI=1S/C20H20ClN3O2S/c21-16-6-4-15(5-7-16)19-18(14-8-10-22-11-9-14)20(24-23-19)27-13-26-17-3-1-2-12-25-17/h4-11,17H,1-3,12-13H2,(H,23,24). The van der Waals surface area contributed by atoms with Crippen molar-refractivity contribution in [3.63, 3.8) is 0 Å². The number of H-pyrrole nitrogens is 1. The van der Waals surface area contributed by atoms with Gasteiger partial charge in [0, 0.05) is 35.2 Å². The third-order valence-corrected chi connectivity index (χ3v) is 5.50. The molecule has 0 radical (unpaired) electrons. The molecule has 140 valence electrons. The van der Waals surface area contributed by atoms with Crippen LogP contribution in [0.5, 0.6) is 0 Å². The van der Waals surface area contributed by atoms with Crippen molar-refractivity contribution >= 4 is 23.4 Å². The molecule has 1 saturated heterocycles. The van der Waals surface area contributed by atoms with Crippen LogP contribution in [0.15, 0.2) is 53.8 Å². The molecule has 1 N–H and O–H groups in total. The molecule has 1 atom stereocenters. The zero-order chi connectivity index (χ0) is 18.5. The van der Waals surface area contributed by atoms with E-state index in [1.165, 1.54) is 0 Å². The van der Waals surface area contributed by atoms with E-state index in [0.29, 0.717) is 11.0 Å². The number of rotatable bonds is 6. The van der Waals surface area contributed by atoms with Crippen LogP contribution in [-0.4, -0.2) is 34.0 Å². The predicted octanol–water partition coefficient (Wildman–Crippen LogP) is 5.38. The maximum Gasteiger partial charge on any atom is 0.158 e. The van der Waals surface area contributed by atoms with E-state index in [-0.39, 0.29) is 6.29 Å². The van der Waals surface area contributed by atoms with Gasteiger partial charge < -0.3 is 9.47 Å². The first-order chi connectivity index (χ1) is 13.3. The van der Waals surface area contributed by atoms with E-state index >= 15 is 0 Å². The molecule has 0 spiro atoms. The molecular weight excluding hydrogens is 382 g/mol. The van der Waals surface area contributed by atoms with E-state index in [9.17, 15) is 0 Å². The first-order valence-electron chi connectivity index (χ1n) is 8.92. The molecule has 1 unspecified atom stereocenters. The molecule has 1 aliphatic heterocycles. The van der Waals surface area contributed by atoms with Crippen molar-refractivity contribution in [1.29, 1.82) is 0 Å². The highest BCUT2D eigenvalue weighted by molar-refractivity contribution is 7.99. The van der Waals surface area contributed by atoms with Gasteiger partial charge in [0.2, 0.25) is 0 Å². The Hall–Kier alpha value is -1.86. The second-order valence-corrected chi connectivity index (χ2v) is 7.59. The molecule has 5 nitrogen and oxygen atoms in total. The molecule has 0 bridgehead atoms. The Kier molecular flexibility index (Phi) is 6.09. The van der Waals surface area contributed by atoms with Gasteiger partial charge in [-0.15, -0.1) is 0 Å². The number of aromatic nitrogens is 3. The number of nitrogens with zero attached hydrogens (tertiary/aromatic N) is 2. The Labute approximate surface area is 167 Å². The monoisotopic (exact) mass is 401 g/mol. The van der Waals surface area contributed by atoms with Crippen molar-refractivity contribution in [2.45, 2.75) is 30.6 Å². The molecule has 0 amide bonds. The average molecular weight is 402 g/mol. The molecule has 1 fully saturated rings. The topological polar surface area (TPSA) is 60.0 Å². The lowest BCUT2D eigenvalue weighted by Gasteiger charge is -2.22. The summed E-state index contributed by atoms with van der Waals surface area (Å²) in [6, 6.07) is 11.7. The summed E-state index contributed by atoms with van der Waals surface area (Å²) < 4.78 is 11.5. The summed E-state index contributed by atoms with van der Waals surface area (Å²) >= 11 is 7.60. The molecule has 3 heterocycles. The number of hydrogen-bond donors (Lipinski definition) is 1. The Morgan fingerprint density at radius 1 is 1.11 bits per heavy atom. The maximum atomic E-state index is 6.04.